The van der Waals surface area contributed by atoms with E-state index in [9.17, 15) is 9.18 Å². The fraction of sp³-hybridized carbons (Fsp3) is 0.500. The molecule has 2 nitrogen and oxygen atoms in total. The smallest absolute Gasteiger partial charge is 0.142 e. The summed E-state index contributed by atoms with van der Waals surface area (Å²) in [4.78, 5) is 11.7. The van der Waals surface area contributed by atoms with Gasteiger partial charge in [-0.1, -0.05) is 24.6 Å². The number of benzene rings is 1. The molecule has 0 aliphatic carbocycles. The molecule has 0 amide bonds. The van der Waals surface area contributed by atoms with Crippen molar-refractivity contribution in [2.75, 3.05) is 6.54 Å². The van der Waals surface area contributed by atoms with Crippen molar-refractivity contribution in [1.29, 1.82) is 0 Å². The van der Waals surface area contributed by atoms with Crippen molar-refractivity contribution in [1.82, 2.24) is 0 Å². The number of carbonyl (C=O) groups is 1. The molecule has 1 atom stereocenters. The van der Waals surface area contributed by atoms with Gasteiger partial charge >= 0.3 is 0 Å². The number of ketones is 1. The molecule has 2 N–H and O–H groups in total. The minimum absolute atomic E-state index is 0.0859. The Balaban J connectivity index is 2.42. The van der Waals surface area contributed by atoms with Gasteiger partial charge in [-0.2, -0.15) is 0 Å². The van der Waals surface area contributed by atoms with Gasteiger partial charge in [0, 0.05) is 12.8 Å². The third-order valence-corrected chi connectivity index (χ3v) is 3.27. The zero-order chi connectivity index (χ0) is 13.5. The van der Waals surface area contributed by atoms with Crippen LogP contribution in [0.2, 0.25) is 5.02 Å². The highest BCUT2D eigenvalue weighted by atomic mass is 35.5. The molecule has 0 bridgehead atoms. The lowest BCUT2D eigenvalue weighted by molar-refractivity contribution is -0.118. The molecule has 0 aliphatic heterocycles. The maximum absolute atomic E-state index is 13.2. The van der Waals surface area contributed by atoms with E-state index in [-0.39, 0.29) is 17.2 Å². The van der Waals surface area contributed by atoms with Crippen molar-refractivity contribution < 1.29 is 9.18 Å². The molecular formula is C14H19ClFNO. The first-order valence-electron chi connectivity index (χ1n) is 6.18. The molecule has 100 valence electrons. The molecule has 0 saturated carbocycles. The van der Waals surface area contributed by atoms with Crippen LogP contribution < -0.4 is 5.73 Å². The van der Waals surface area contributed by atoms with E-state index in [0.29, 0.717) is 24.4 Å². The normalized spacial score (nSPS) is 12.4. The van der Waals surface area contributed by atoms with E-state index < -0.39 is 5.82 Å². The molecule has 0 radical (unpaired) electrons. The standard InChI is InChI=1S/C14H19ClFNO/c1-10(6-7-17)2-4-12(18)8-11-3-5-13(15)14(16)9-11/h3,5,9-10H,2,4,6-8,17H2,1H3. The summed E-state index contributed by atoms with van der Waals surface area (Å²) >= 11 is 5.58. The van der Waals surface area contributed by atoms with Crippen LogP contribution in [-0.2, 0) is 11.2 Å². The molecular weight excluding hydrogens is 253 g/mol. The average molecular weight is 272 g/mol. The van der Waals surface area contributed by atoms with E-state index in [0.717, 1.165) is 12.8 Å². The Kier molecular flexibility index (Phi) is 6.30. The van der Waals surface area contributed by atoms with Gasteiger partial charge in [0.15, 0.2) is 0 Å². The Morgan fingerprint density at radius 3 is 2.78 bits per heavy atom. The van der Waals surface area contributed by atoms with E-state index >= 15 is 0 Å². The van der Waals surface area contributed by atoms with Gasteiger partial charge in [-0.3, -0.25) is 4.79 Å². The largest absolute Gasteiger partial charge is 0.330 e. The number of nitrogens with two attached hydrogens (primary N) is 1. The Labute approximate surface area is 112 Å². The zero-order valence-electron chi connectivity index (χ0n) is 10.6. The van der Waals surface area contributed by atoms with Crippen LogP contribution in [0.5, 0.6) is 0 Å². The summed E-state index contributed by atoms with van der Waals surface area (Å²) in [6.45, 7) is 2.74. The van der Waals surface area contributed by atoms with Gasteiger partial charge in [0.05, 0.1) is 5.02 Å². The minimum atomic E-state index is -0.474. The quantitative estimate of drug-likeness (QED) is 0.826. The average Bonchev–Trinajstić information content (AvgIpc) is 2.32. The van der Waals surface area contributed by atoms with Crippen molar-refractivity contribution in [2.24, 2.45) is 11.7 Å². The zero-order valence-corrected chi connectivity index (χ0v) is 11.3. The Morgan fingerprint density at radius 2 is 2.17 bits per heavy atom. The van der Waals surface area contributed by atoms with Crippen molar-refractivity contribution in [3.05, 3.63) is 34.6 Å². The number of hydrogen-bond acceptors (Lipinski definition) is 2. The maximum atomic E-state index is 13.2. The summed E-state index contributed by atoms with van der Waals surface area (Å²) < 4.78 is 13.2. The second-order valence-corrected chi connectivity index (χ2v) is 5.09. The summed E-state index contributed by atoms with van der Waals surface area (Å²) in [5, 5.41) is 0.0859. The number of carbonyl (C=O) groups excluding carboxylic acids is 1. The van der Waals surface area contributed by atoms with E-state index in [1.165, 1.54) is 12.1 Å². The van der Waals surface area contributed by atoms with Crippen LogP contribution in [0, 0.1) is 11.7 Å². The third kappa shape index (κ3) is 5.15. The molecule has 0 saturated heterocycles. The number of halogens is 2. The molecule has 0 aliphatic rings. The molecule has 0 spiro atoms. The van der Waals surface area contributed by atoms with Crippen LogP contribution in [0.3, 0.4) is 0 Å². The molecule has 0 heterocycles. The van der Waals surface area contributed by atoms with Crippen LogP contribution in [0.1, 0.15) is 31.7 Å². The first-order chi connectivity index (χ1) is 8.52. The second-order valence-electron chi connectivity index (χ2n) is 4.69. The summed E-state index contributed by atoms with van der Waals surface area (Å²) in [5.41, 5.74) is 6.13. The maximum Gasteiger partial charge on any atom is 0.142 e. The Morgan fingerprint density at radius 1 is 1.44 bits per heavy atom. The highest BCUT2D eigenvalue weighted by molar-refractivity contribution is 6.30. The molecule has 1 aromatic carbocycles. The first kappa shape index (κ1) is 15.1. The summed E-state index contributed by atoms with van der Waals surface area (Å²) in [7, 11) is 0. The lowest BCUT2D eigenvalue weighted by Crippen LogP contribution is -2.09. The number of rotatable bonds is 7. The second kappa shape index (κ2) is 7.49. The monoisotopic (exact) mass is 271 g/mol. The van der Waals surface area contributed by atoms with Gasteiger partial charge in [-0.25, -0.2) is 4.39 Å². The lowest BCUT2D eigenvalue weighted by atomic mass is 9.98. The van der Waals surface area contributed by atoms with Crippen LogP contribution >= 0.6 is 11.6 Å². The van der Waals surface area contributed by atoms with Gasteiger partial charge in [-0.15, -0.1) is 0 Å². The molecule has 0 aromatic heterocycles. The molecule has 4 heteroatoms. The van der Waals surface area contributed by atoms with Gasteiger partial charge in [0.1, 0.15) is 11.6 Å². The van der Waals surface area contributed by atoms with Gasteiger partial charge in [0.2, 0.25) is 0 Å². The number of hydrogen-bond donors (Lipinski definition) is 1. The van der Waals surface area contributed by atoms with Crippen LogP contribution in [0.15, 0.2) is 18.2 Å². The molecule has 1 unspecified atom stereocenters. The number of Topliss-reactive ketones (excluding diaryl/α,β-unsaturated/α-hetero) is 1. The fourth-order valence-electron chi connectivity index (χ4n) is 1.80. The van der Waals surface area contributed by atoms with Gasteiger partial charge < -0.3 is 5.73 Å². The van der Waals surface area contributed by atoms with Crippen LogP contribution in [-0.4, -0.2) is 12.3 Å². The van der Waals surface area contributed by atoms with E-state index in [1.54, 1.807) is 6.07 Å². The molecule has 18 heavy (non-hydrogen) atoms. The molecule has 1 aromatic rings. The first-order valence-corrected chi connectivity index (χ1v) is 6.56. The van der Waals surface area contributed by atoms with Crippen molar-refractivity contribution in [3.8, 4) is 0 Å². The van der Waals surface area contributed by atoms with Gasteiger partial charge in [0.25, 0.3) is 0 Å². The minimum Gasteiger partial charge on any atom is -0.330 e. The predicted octanol–water partition coefficient (Wildman–Crippen LogP) is 3.36. The van der Waals surface area contributed by atoms with Crippen LogP contribution in [0.25, 0.3) is 0 Å². The summed E-state index contributed by atoms with van der Waals surface area (Å²) in [6, 6.07) is 4.49. The Hall–Kier alpha value is -0.930. The van der Waals surface area contributed by atoms with E-state index in [1.807, 2.05) is 0 Å². The SMILES string of the molecule is CC(CCN)CCC(=O)Cc1ccc(Cl)c(F)c1. The third-order valence-electron chi connectivity index (χ3n) is 2.96. The Bertz CT molecular complexity index is 409. The molecule has 0 fully saturated rings. The highest BCUT2D eigenvalue weighted by Crippen LogP contribution is 2.17. The van der Waals surface area contributed by atoms with Crippen molar-refractivity contribution in [3.63, 3.8) is 0 Å². The summed E-state index contributed by atoms with van der Waals surface area (Å²) in [5.74, 6) is 0.111. The highest BCUT2D eigenvalue weighted by Gasteiger charge is 2.09. The van der Waals surface area contributed by atoms with Crippen LogP contribution in [0.4, 0.5) is 4.39 Å². The van der Waals surface area contributed by atoms with E-state index in [4.69, 9.17) is 17.3 Å². The fourth-order valence-corrected chi connectivity index (χ4v) is 1.92. The van der Waals surface area contributed by atoms with Gasteiger partial charge in [-0.05, 0) is 43.0 Å². The molecule has 1 rings (SSSR count). The lowest BCUT2D eigenvalue weighted by Gasteiger charge is -2.09. The topological polar surface area (TPSA) is 43.1 Å². The van der Waals surface area contributed by atoms with Crippen molar-refractivity contribution in [2.45, 2.75) is 32.6 Å². The predicted molar refractivity (Wildman–Crippen MR) is 72.2 cm³/mol. The van der Waals surface area contributed by atoms with Crippen molar-refractivity contribution >= 4 is 17.4 Å². The summed E-state index contributed by atoms with van der Waals surface area (Å²) in [6.07, 6.45) is 2.56. The van der Waals surface area contributed by atoms with E-state index in [2.05, 4.69) is 6.92 Å².